The van der Waals surface area contributed by atoms with Crippen LogP contribution in [0, 0.1) is 0 Å². The number of benzene rings is 2. The summed E-state index contributed by atoms with van der Waals surface area (Å²) in [5, 5.41) is 9.53. The van der Waals surface area contributed by atoms with Crippen LogP contribution in [0.2, 0.25) is 0 Å². The van der Waals surface area contributed by atoms with E-state index in [1.807, 2.05) is 36.1 Å². The Morgan fingerprint density at radius 1 is 1.12 bits per heavy atom. The fourth-order valence-electron chi connectivity index (χ4n) is 4.52. The Morgan fingerprint density at radius 3 is 2.76 bits per heavy atom. The number of rotatable bonds is 7. The second-order valence-corrected chi connectivity index (χ2v) is 8.62. The van der Waals surface area contributed by atoms with Crippen LogP contribution in [0.15, 0.2) is 53.5 Å². The summed E-state index contributed by atoms with van der Waals surface area (Å²) in [5.41, 5.74) is 4.62. The number of fused-ring (bicyclic) bond motifs is 2. The minimum absolute atomic E-state index is 0.0331. The third-order valence-corrected chi connectivity index (χ3v) is 6.26. The van der Waals surface area contributed by atoms with E-state index in [2.05, 4.69) is 40.2 Å². The van der Waals surface area contributed by atoms with Gasteiger partial charge in [0.25, 0.3) is 0 Å². The predicted molar refractivity (Wildman–Crippen MR) is 131 cm³/mol. The van der Waals surface area contributed by atoms with Crippen molar-refractivity contribution in [1.29, 1.82) is 0 Å². The second kappa shape index (κ2) is 11.0. The Balaban J connectivity index is 1.26. The Hall–Kier alpha value is -3.35. The smallest absolute Gasteiger partial charge is 0.225 e. The lowest BCUT2D eigenvalue weighted by Crippen LogP contribution is -2.39. The summed E-state index contributed by atoms with van der Waals surface area (Å²) in [7, 11) is 0. The molecule has 2 heterocycles. The molecule has 0 aliphatic carbocycles. The largest absolute Gasteiger partial charge is 0.357 e. The number of nitrogens with zero attached hydrogens (tertiary/aromatic N) is 2. The first-order valence-corrected chi connectivity index (χ1v) is 11.9. The van der Waals surface area contributed by atoms with Gasteiger partial charge < -0.3 is 20.9 Å². The van der Waals surface area contributed by atoms with Crippen molar-refractivity contribution >= 4 is 23.5 Å². The van der Waals surface area contributed by atoms with Gasteiger partial charge in [-0.2, -0.15) is 0 Å². The Morgan fingerprint density at radius 2 is 1.91 bits per heavy atom. The lowest BCUT2D eigenvalue weighted by Gasteiger charge is -2.29. The lowest BCUT2D eigenvalue weighted by molar-refractivity contribution is -0.132. The zero-order valence-corrected chi connectivity index (χ0v) is 19.3. The third-order valence-electron chi connectivity index (χ3n) is 6.26. The number of nitrogens with one attached hydrogen (secondary N) is 3. The molecule has 0 bridgehead atoms. The third kappa shape index (κ3) is 5.92. The summed E-state index contributed by atoms with van der Waals surface area (Å²) in [5.74, 6) is 1.03. The molecule has 0 saturated heterocycles. The maximum atomic E-state index is 12.7. The molecule has 0 spiro atoms. The number of carbonyl (C=O) groups is 2. The van der Waals surface area contributed by atoms with Gasteiger partial charge in [-0.05, 0) is 42.5 Å². The van der Waals surface area contributed by atoms with Crippen LogP contribution in [0.3, 0.4) is 0 Å². The first-order valence-electron chi connectivity index (χ1n) is 11.9. The molecule has 2 aromatic carbocycles. The second-order valence-electron chi connectivity index (χ2n) is 8.62. The number of amides is 2. The van der Waals surface area contributed by atoms with Crippen molar-refractivity contribution in [1.82, 2.24) is 15.5 Å². The van der Waals surface area contributed by atoms with Crippen molar-refractivity contribution in [2.45, 2.75) is 45.1 Å². The van der Waals surface area contributed by atoms with Crippen molar-refractivity contribution in [3.05, 3.63) is 65.2 Å². The minimum Gasteiger partial charge on any atom is -0.357 e. The average Bonchev–Trinajstić information content (AvgIpc) is 2.84. The number of para-hydroxylation sites is 1. The number of aliphatic imine (C=N–C) groups is 1. The molecule has 7 nitrogen and oxygen atoms in total. The minimum atomic E-state index is 0.0331. The summed E-state index contributed by atoms with van der Waals surface area (Å²) in [4.78, 5) is 31.4. The monoisotopic (exact) mass is 447 g/mol. The molecule has 2 aliphatic heterocycles. The molecule has 2 aromatic rings. The first kappa shape index (κ1) is 22.8. The number of guanidine groups is 1. The number of carbonyl (C=O) groups excluding carboxylic acids is 2. The molecular weight excluding hydrogens is 414 g/mol. The van der Waals surface area contributed by atoms with E-state index in [0.29, 0.717) is 32.5 Å². The normalized spacial score (nSPS) is 17.6. The molecule has 0 fully saturated rings. The zero-order valence-electron chi connectivity index (χ0n) is 19.3. The van der Waals surface area contributed by atoms with Crippen molar-refractivity contribution in [2.24, 2.45) is 4.99 Å². The van der Waals surface area contributed by atoms with Crippen LogP contribution in [0.25, 0.3) is 0 Å². The summed E-state index contributed by atoms with van der Waals surface area (Å²) < 4.78 is 0. The maximum absolute atomic E-state index is 12.7. The van der Waals surface area contributed by atoms with Gasteiger partial charge in [-0.25, -0.2) is 0 Å². The predicted octanol–water partition coefficient (Wildman–Crippen LogP) is 3.03. The van der Waals surface area contributed by atoms with Crippen LogP contribution in [0.1, 0.15) is 48.8 Å². The van der Waals surface area contributed by atoms with Crippen LogP contribution in [-0.2, 0) is 22.6 Å². The highest BCUT2D eigenvalue weighted by Gasteiger charge is 2.24. The molecule has 1 unspecified atom stereocenters. The molecule has 7 heteroatoms. The molecular formula is C26H33N5O2. The Labute approximate surface area is 195 Å². The van der Waals surface area contributed by atoms with E-state index in [1.54, 1.807) is 0 Å². The van der Waals surface area contributed by atoms with E-state index < -0.39 is 0 Å². The van der Waals surface area contributed by atoms with Crippen molar-refractivity contribution in [3.8, 4) is 0 Å². The molecule has 0 saturated carbocycles. The van der Waals surface area contributed by atoms with E-state index in [4.69, 9.17) is 4.99 Å². The van der Waals surface area contributed by atoms with E-state index in [0.717, 1.165) is 43.1 Å². The van der Waals surface area contributed by atoms with Crippen LogP contribution < -0.4 is 16.0 Å². The van der Waals surface area contributed by atoms with Crippen LogP contribution in [0.5, 0.6) is 0 Å². The number of hydrogen-bond donors (Lipinski definition) is 3. The van der Waals surface area contributed by atoms with E-state index >= 15 is 0 Å². The summed E-state index contributed by atoms with van der Waals surface area (Å²) in [6.07, 6.45) is 2.63. The van der Waals surface area contributed by atoms with Gasteiger partial charge in [0.15, 0.2) is 5.96 Å². The quantitative estimate of drug-likeness (QED) is 0.346. The van der Waals surface area contributed by atoms with Gasteiger partial charge in [-0.15, -0.1) is 0 Å². The summed E-state index contributed by atoms with van der Waals surface area (Å²) in [6.45, 7) is 5.49. The van der Waals surface area contributed by atoms with E-state index in [1.165, 1.54) is 11.1 Å². The molecule has 0 aromatic heterocycles. The number of anilines is 1. The number of hydrogen-bond acceptors (Lipinski definition) is 3. The molecule has 0 radical (unpaired) electrons. The van der Waals surface area contributed by atoms with Gasteiger partial charge in [0.2, 0.25) is 11.8 Å². The highest BCUT2D eigenvalue weighted by molar-refractivity contribution is 5.94. The summed E-state index contributed by atoms with van der Waals surface area (Å²) >= 11 is 0. The SMILES string of the molecule is CCNC(=NCC1CC(=O)Nc2ccccc21)NCCCC(=O)N1CCc2ccccc2C1. The average molecular weight is 448 g/mol. The highest BCUT2D eigenvalue weighted by Crippen LogP contribution is 2.32. The van der Waals surface area contributed by atoms with Crippen molar-refractivity contribution in [3.63, 3.8) is 0 Å². The standard InChI is InChI=1S/C26H33N5O2/c1-2-27-26(29-17-21-16-24(32)30-23-11-6-5-10-22(21)23)28-14-7-12-25(33)31-15-13-19-8-3-4-9-20(19)18-31/h3-6,8-11,21H,2,7,12-18H2,1H3,(H,30,32)(H2,27,28,29). The van der Waals surface area contributed by atoms with E-state index in [9.17, 15) is 9.59 Å². The van der Waals surface area contributed by atoms with Crippen molar-refractivity contribution < 1.29 is 9.59 Å². The fourth-order valence-corrected chi connectivity index (χ4v) is 4.52. The van der Waals surface area contributed by atoms with Gasteiger partial charge in [-0.3, -0.25) is 14.6 Å². The zero-order chi connectivity index (χ0) is 23.0. The van der Waals surface area contributed by atoms with Gasteiger partial charge >= 0.3 is 0 Å². The van der Waals surface area contributed by atoms with E-state index in [-0.39, 0.29) is 17.7 Å². The molecule has 174 valence electrons. The Kier molecular flexibility index (Phi) is 7.60. The van der Waals surface area contributed by atoms with Gasteiger partial charge in [0, 0.05) is 50.6 Å². The topological polar surface area (TPSA) is 85.8 Å². The lowest BCUT2D eigenvalue weighted by atomic mass is 9.91. The summed E-state index contributed by atoms with van der Waals surface area (Å²) in [6, 6.07) is 16.3. The molecule has 3 N–H and O–H groups in total. The van der Waals surface area contributed by atoms with Gasteiger partial charge in [0.05, 0.1) is 6.54 Å². The molecule has 4 rings (SSSR count). The highest BCUT2D eigenvalue weighted by atomic mass is 16.2. The molecule has 33 heavy (non-hydrogen) atoms. The molecule has 2 amide bonds. The van der Waals surface area contributed by atoms with Gasteiger partial charge in [-0.1, -0.05) is 42.5 Å². The van der Waals surface area contributed by atoms with Crippen LogP contribution >= 0.6 is 0 Å². The Bertz CT molecular complexity index is 1020. The fraction of sp³-hybridized carbons (Fsp3) is 0.423. The van der Waals surface area contributed by atoms with Crippen LogP contribution in [0.4, 0.5) is 5.69 Å². The molecule has 2 aliphatic rings. The first-order chi connectivity index (χ1) is 16.1. The van der Waals surface area contributed by atoms with Crippen LogP contribution in [-0.4, -0.2) is 48.9 Å². The van der Waals surface area contributed by atoms with Gasteiger partial charge in [0.1, 0.15) is 0 Å². The molecule has 1 atom stereocenters. The maximum Gasteiger partial charge on any atom is 0.225 e. The van der Waals surface area contributed by atoms with Crippen molar-refractivity contribution in [2.75, 3.05) is 31.5 Å².